The summed E-state index contributed by atoms with van der Waals surface area (Å²) in [5.74, 6) is 0.686. The molecular formula is C10H14ClNOS. The molecular weight excluding hydrogens is 218 g/mol. The van der Waals surface area contributed by atoms with Crippen molar-refractivity contribution in [3.8, 4) is 0 Å². The van der Waals surface area contributed by atoms with Gasteiger partial charge in [-0.25, -0.2) is 0 Å². The van der Waals surface area contributed by atoms with E-state index in [0.717, 1.165) is 22.6 Å². The van der Waals surface area contributed by atoms with Crippen LogP contribution in [0.1, 0.15) is 27.4 Å². The van der Waals surface area contributed by atoms with Gasteiger partial charge in [0.15, 0.2) is 0 Å². The van der Waals surface area contributed by atoms with Gasteiger partial charge < -0.3 is 5.32 Å². The molecule has 14 heavy (non-hydrogen) atoms. The lowest BCUT2D eigenvalue weighted by atomic mass is 10.3. The zero-order valence-electron chi connectivity index (χ0n) is 8.18. The third-order valence-corrected chi connectivity index (χ3v) is 3.08. The fourth-order valence-electron chi connectivity index (χ4n) is 1.07. The van der Waals surface area contributed by atoms with Crippen molar-refractivity contribution >= 4 is 28.8 Å². The summed E-state index contributed by atoms with van der Waals surface area (Å²) in [5.41, 5.74) is 0. The average molecular weight is 232 g/mol. The highest BCUT2D eigenvalue weighted by atomic mass is 35.5. The summed E-state index contributed by atoms with van der Waals surface area (Å²) < 4.78 is 0. The molecule has 0 spiro atoms. The van der Waals surface area contributed by atoms with Crippen molar-refractivity contribution < 1.29 is 4.79 Å². The number of carbonyl (C=O) groups is 1. The summed E-state index contributed by atoms with van der Waals surface area (Å²) >= 11 is 7.05. The second kappa shape index (κ2) is 6.04. The quantitative estimate of drug-likeness (QED) is 0.613. The molecule has 0 aromatic carbocycles. The number of alkyl halides is 1. The van der Waals surface area contributed by atoms with Gasteiger partial charge in [-0.1, -0.05) is 0 Å². The van der Waals surface area contributed by atoms with Crippen molar-refractivity contribution in [3.05, 3.63) is 21.9 Å². The first-order valence-corrected chi connectivity index (χ1v) is 5.99. The Kier molecular flexibility index (Phi) is 4.98. The van der Waals surface area contributed by atoms with Gasteiger partial charge in [0.1, 0.15) is 0 Å². The Morgan fingerprint density at radius 3 is 2.86 bits per heavy atom. The van der Waals surface area contributed by atoms with E-state index in [0.29, 0.717) is 12.4 Å². The molecule has 1 aromatic heterocycles. The largest absolute Gasteiger partial charge is 0.351 e. The number of nitrogens with one attached hydrogen (secondary N) is 1. The smallest absolute Gasteiger partial charge is 0.261 e. The van der Waals surface area contributed by atoms with Crippen LogP contribution in [0.25, 0.3) is 0 Å². The standard InChI is InChI=1S/C10H14ClNOS/c1-8-4-5-9(14-8)10(13)12-7-3-2-6-11/h4-5H,2-3,6-7H2,1H3,(H,12,13). The summed E-state index contributed by atoms with van der Waals surface area (Å²) in [7, 11) is 0. The number of aryl methyl sites for hydroxylation is 1. The van der Waals surface area contributed by atoms with Crippen molar-refractivity contribution in [1.82, 2.24) is 5.32 Å². The molecule has 0 aliphatic heterocycles. The second-order valence-electron chi connectivity index (χ2n) is 3.06. The Labute approximate surface area is 93.3 Å². The zero-order valence-corrected chi connectivity index (χ0v) is 9.75. The number of rotatable bonds is 5. The van der Waals surface area contributed by atoms with Gasteiger partial charge in [0.25, 0.3) is 5.91 Å². The molecule has 0 aliphatic carbocycles. The monoisotopic (exact) mass is 231 g/mol. The molecule has 0 aliphatic rings. The topological polar surface area (TPSA) is 29.1 Å². The Morgan fingerprint density at radius 1 is 1.50 bits per heavy atom. The van der Waals surface area contributed by atoms with Crippen LogP contribution in [0.15, 0.2) is 12.1 Å². The highest BCUT2D eigenvalue weighted by molar-refractivity contribution is 7.13. The van der Waals surface area contributed by atoms with Gasteiger partial charge in [0.2, 0.25) is 0 Å². The molecule has 1 rings (SSSR count). The molecule has 1 aromatic rings. The molecule has 0 saturated heterocycles. The maximum atomic E-state index is 11.5. The van der Waals surface area contributed by atoms with E-state index in [-0.39, 0.29) is 5.91 Å². The molecule has 78 valence electrons. The number of carbonyl (C=O) groups excluding carboxylic acids is 1. The van der Waals surface area contributed by atoms with E-state index < -0.39 is 0 Å². The molecule has 1 heterocycles. The molecule has 0 fully saturated rings. The number of hydrogen-bond donors (Lipinski definition) is 1. The van der Waals surface area contributed by atoms with Crippen LogP contribution in [-0.4, -0.2) is 18.3 Å². The summed E-state index contributed by atoms with van der Waals surface area (Å²) in [5, 5.41) is 2.86. The summed E-state index contributed by atoms with van der Waals surface area (Å²) in [6.45, 7) is 2.71. The van der Waals surface area contributed by atoms with E-state index >= 15 is 0 Å². The fraction of sp³-hybridized carbons (Fsp3) is 0.500. The fourth-order valence-corrected chi connectivity index (χ4v) is 2.04. The van der Waals surface area contributed by atoms with Gasteiger partial charge in [-0.3, -0.25) is 4.79 Å². The first kappa shape index (κ1) is 11.5. The van der Waals surface area contributed by atoms with Crippen molar-refractivity contribution in [1.29, 1.82) is 0 Å². The van der Waals surface area contributed by atoms with Crippen LogP contribution in [0, 0.1) is 6.92 Å². The number of thiophene rings is 1. The lowest BCUT2D eigenvalue weighted by molar-refractivity contribution is 0.0957. The van der Waals surface area contributed by atoms with Crippen LogP contribution in [0.5, 0.6) is 0 Å². The van der Waals surface area contributed by atoms with Crippen LogP contribution in [0.2, 0.25) is 0 Å². The molecule has 4 heteroatoms. The van der Waals surface area contributed by atoms with Gasteiger partial charge in [-0.05, 0) is 31.9 Å². The van der Waals surface area contributed by atoms with E-state index in [4.69, 9.17) is 11.6 Å². The van der Waals surface area contributed by atoms with Gasteiger partial charge in [0, 0.05) is 17.3 Å². The van der Waals surface area contributed by atoms with E-state index in [1.807, 2.05) is 19.1 Å². The maximum absolute atomic E-state index is 11.5. The average Bonchev–Trinajstić information content (AvgIpc) is 2.59. The molecule has 0 atom stereocenters. The van der Waals surface area contributed by atoms with Gasteiger partial charge in [-0.15, -0.1) is 22.9 Å². The normalized spacial score (nSPS) is 10.1. The lowest BCUT2D eigenvalue weighted by Crippen LogP contribution is -2.23. The highest BCUT2D eigenvalue weighted by Gasteiger charge is 2.06. The highest BCUT2D eigenvalue weighted by Crippen LogP contribution is 2.14. The van der Waals surface area contributed by atoms with Crippen molar-refractivity contribution in [3.63, 3.8) is 0 Å². The molecule has 0 bridgehead atoms. The van der Waals surface area contributed by atoms with Gasteiger partial charge >= 0.3 is 0 Å². The van der Waals surface area contributed by atoms with E-state index in [1.165, 1.54) is 11.3 Å². The molecule has 2 nitrogen and oxygen atoms in total. The summed E-state index contributed by atoms with van der Waals surface area (Å²) in [6, 6.07) is 3.81. The van der Waals surface area contributed by atoms with Crippen LogP contribution in [0.4, 0.5) is 0 Å². The van der Waals surface area contributed by atoms with E-state index in [9.17, 15) is 4.79 Å². The Bertz CT molecular complexity index is 298. The number of halogens is 1. The lowest BCUT2D eigenvalue weighted by Gasteiger charge is -2.01. The van der Waals surface area contributed by atoms with Crippen molar-refractivity contribution in [2.45, 2.75) is 19.8 Å². The summed E-state index contributed by atoms with van der Waals surface area (Å²) in [6.07, 6.45) is 1.89. The van der Waals surface area contributed by atoms with Crippen LogP contribution >= 0.6 is 22.9 Å². The zero-order chi connectivity index (χ0) is 10.4. The number of amides is 1. The first-order chi connectivity index (χ1) is 6.74. The maximum Gasteiger partial charge on any atom is 0.261 e. The van der Waals surface area contributed by atoms with Crippen molar-refractivity contribution in [2.75, 3.05) is 12.4 Å². The van der Waals surface area contributed by atoms with E-state index in [1.54, 1.807) is 0 Å². The minimum atomic E-state index is 0.0256. The SMILES string of the molecule is Cc1ccc(C(=O)NCCCCCl)s1. The number of unbranched alkanes of at least 4 members (excludes halogenated alkanes) is 1. The van der Waals surface area contributed by atoms with Gasteiger partial charge in [0.05, 0.1) is 4.88 Å². The third-order valence-electron chi connectivity index (χ3n) is 1.81. The third kappa shape index (κ3) is 3.68. The Hall–Kier alpha value is -0.540. The second-order valence-corrected chi connectivity index (χ2v) is 4.73. The minimum Gasteiger partial charge on any atom is -0.351 e. The van der Waals surface area contributed by atoms with Crippen LogP contribution < -0.4 is 5.32 Å². The predicted molar refractivity (Wildman–Crippen MR) is 61.3 cm³/mol. The van der Waals surface area contributed by atoms with Crippen LogP contribution in [-0.2, 0) is 0 Å². The Morgan fingerprint density at radius 2 is 2.29 bits per heavy atom. The summed E-state index contributed by atoms with van der Waals surface area (Å²) in [4.78, 5) is 13.4. The minimum absolute atomic E-state index is 0.0256. The van der Waals surface area contributed by atoms with Gasteiger partial charge in [-0.2, -0.15) is 0 Å². The molecule has 0 saturated carbocycles. The number of hydrogen-bond acceptors (Lipinski definition) is 2. The van der Waals surface area contributed by atoms with Crippen molar-refractivity contribution in [2.24, 2.45) is 0 Å². The molecule has 1 N–H and O–H groups in total. The predicted octanol–water partition coefficient (Wildman–Crippen LogP) is 2.81. The molecule has 1 amide bonds. The van der Waals surface area contributed by atoms with Crippen LogP contribution in [0.3, 0.4) is 0 Å². The molecule has 0 radical (unpaired) electrons. The first-order valence-electron chi connectivity index (χ1n) is 4.64. The van der Waals surface area contributed by atoms with E-state index in [2.05, 4.69) is 5.32 Å². The molecule has 0 unspecified atom stereocenters. The Balaban J connectivity index is 2.29.